The molecule has 0 spiro atoms. The second-order valence-corrected chi connectivity index (χ2v) is 12.3. The van der Waals surface area contributed by atoms with Crippen LogP contribution < -0.4 is 29.4 Å². The molecule has 4 aromatic heterocycles. The SMILES string of the molecule is Cc1nc(C)nc(N2CCN(c3nc(N4CCN(c5nc(C)nc(C)n5)CC4)nc(N4CCN(c5nc(C)nc(C)n5)CC4)n3)CC2)n1. The molecule has 0 amide bonds. The number of hydrogen-bond donors (Lipinski definition) is 0. The monoisotopic (exact) mass is 654 g/mol. The maximum Gasteiger partial charge on any atom is 0.232 e. The predicted molar refractivity (Wildman–Crippen MR) is 181 cm³/mol. The standard InChI is InChI=1S/C30H42N18/c1-19-31-20(2)35-25(34-19)43-7-13-46(14-8-43)28-40-29(47-15-9-44(10-16-47)26-36-21(3)32-22(4)37-26)42-30(41-28)48-17-11-45(12-18-48)27-38-23(5)33-24(6)39-27/h7-18H2,1-6H3. The van der Waals surface area contributed by atoms with Crippen LogP contribution in [0.15, 0.2) is 0 Å². The Morgan fingerprint density at radius 2 is 0.375 bits per heavy atom. The van der Waals surface area contributed by atoms with Crippen LogP contribution in [0.1, 0.15) is 34.9 Å². The van der Waals surface area contributed by atoms with E-state index in [1.807, 2.05) is 41.5 Å². The maximum absolute atomic E-state index is 5.06. The van der Waals surface area contributed by atoms with Gasteiger partial charge in [-0.2, -0.15) is 44.9 Å². The third kappa shape index (κ3) is 6.91. The highest BCUT2D eigenvalue weighted by Gasteiger charge is 2.29. The Morgan fingerprint density at radius 1 is 0.229 bits per heavy atom. The van der Waals surface area contributed by atoms with E-state index in [0.29, 0.717) is 17.8 Å². The average Bonchev–Trinajstić information content (AvgIpc) is 3.07. The average molecular weight is 655 g/mol. The summed E-state index contributed by atoms with van der Waals surface area (Å²) in [5.74, 6) is 8.61. The molecule has 0 saturated carbocycles. The molecule has 4 aromatic rings. The van der Waals surface area contributed by atoms with Crippen molar-refractivity contribution in [2.45, 2.75) is 41.5 Å². The molecule has 0 bridgehead atoms. The summed E-state index contributed by atoms with van der Waals surface area (Å²) in [6, 6.07) is 0. The quantitative estimate of drug-likeness (QED) is 0.276. The number of aromatic nitrogens is 12. The highest BCUT2D eigenvalue weighted by molar-refractivity contribution is 5.50. The van der Waals surface area contributed by atoms with E-state index in [0.717, 1.165) is 131 Å². The molecule has 48 heavy (non-hydrogen) atoms. The van der Waals surface area contributed by atoms with Crippen LogP contribution in [0.5, 0.6) is 0 Å². The first kappa shape index (κ1) is 31.4. The van der Waals surface area contributed by atoms with Crippen molar-refractivity contribution in [3.8, 4) is 0 Å². The van der Waals surface area contributed by atoms with Crippen LogP contribution in [-0.2, 0) is 0 Å². The molecule has 0 atom stereocenters. The van der Waals surface area contributed by atoms with Crippen molar-refractivity contribution in [3.05, 3.63) is 34.9 Å². The Kier molecular flexibility index (Phi) is 8.62. The van der Waals surface area contributed by atoms with Crippen LogP contribution in [0.25, 0.3) is 0 Å². The second kappa shape index (κ2) is 13.2. The normalized spacial score (nSPS) is 17.4. The molecule has 7 heterocycles. The highest BCUT2D eigenvalue weighted by atomic mass is 15.4. The van der Waals surface area contributed by atoms with Crippen LogP contribution in [0.2, 0.25) is 0 Å². The van der Waals surface area contributed by atoms with Crippen molar-refractivity contribution in [1.29, 1.82) is 0 Å². The van der Waals surface area contributed by atoms with Crippen molar-refractivity contribution in [3.63, 3.8) is 0 Å². The first-order chi connectivity index (χ1) is 23.2. The molecule has 3 aliphatic heterocycles. The first-order valence-electron chi connectivity index (χ1n) is 16.5. The summed E-state index contributed by atoms with van der Waals surface area (Å²) in [7, 11) is 0. The fourth-order valence-electron chi connectivity index (χ4n) is 6.31. The smallest absolute Gasteiger partial charge is 0.232 e. The van der Waals surface area contributed by atoms with Crippen LogP contribution in [0.4, 0.5) is 35.7 Å². The lowest BCUT2D eigenvalue weighted by molar-refractivity contribution is 0.598. The number of rotatable bonds is 6. The van der Waals surface area contributed by atoms with Crippen LogP contribution in [0.3, 0.4) is 0 Å². The number of nitrogens with zero attached hydrogens (tertiary/aromatic N) is 18. The molecule has 3 aliphatic rings. The molecule has 3 fully saturated rings. The van der Waals surface area contributed by atoms with Gasteiger partial charge in [-0.1, -0.05) is 0 Å². The summed E-state index contributed by atoms with van der Waals surface area (Å²) in [6.07, 6.45) is 0. The predicted octanol–water partition coefficient (Wildman–Crippen LogP) is 0.257. The molecular formula is C30H42N18. The molecular weight excluding hydrogens is 612 g/mol. The number of piperazine rings is 3. The third-order valence-electron chi connectivity index (χ3n) is 8.68. The van der Waals surface area contributed by atoms with Gasteiger partial charge in [0.05, 0.1) is 0 Å². The topological polar surface area (TPSA) is 174 Å². The molecule has 0 unspecified atom stereocenters. The minimum atomic E-state index is 0.690. The molecule has 0 radical (unpaired) electrons. The third-order valence-corrected chi connectivity index (χ3v) is 8.68. The van der Waals surface area contributed by atoms with Crippen molar-refractivity contribution in [2.75, 3.05) is 108 Å². The van der Waals surface area contributed by atoms with Crippen molar-refractivity contribution in [1.82, 2.24) is 59.8 Å². The zero-order chi connectivity index (χ0) is 33.4. The van der Waals surface area contributed by atoms with Gasteiger partial charge in [-0.15, -0.1) is 0 Å². The molecule has 7 rings (SSSR count). The summed E-state index contributed by atoms with van der Waals surface area (Å²) < 4.78 is 0. The van der Waals surface area contributed by atoms with Gasteiger partial charge in [-0.3, -0.25) is 0 Å². The van der Waals surface area contributed by atoms with Crippen LogP contribution in [-0.4, -0.2) is 138 Å². The largest absolute Gasteiger partial charge is 0.337 e. The van der Waals surface area contributed by atoms with E-state index in [-0.39, 0.29) is 0 Å². The summed E-state index contributed by atoms with van der Waals surface area (Å²) in [5.41, 5.74) is 0. The molecule has 252 valence electrons. The minimum Gasteiger partial charge on any atom is -0.337 e. The van der Waals surface area contributed by atoms with E-state index in [9.17, 15) is 0 Å². The molecule has 0 N–H and O–H groups in total. The molecule has 18 heteroatoms. The van der Waals surface area contributed by atoms with E-state index in [1.165, 1.54) is 0 Å². The summed E-state index contributed by atoms with van der Waals surface area (Å²) in [6.45, 7) is 20.4. The number of anilines is 6. The highest BCUT2D eigenvalue weighted by Crippen LogP contribution is 2.24. The zero-order valence-corrected chi connectivity index (χ0v) is 28.5. The summed E-state index contributed by atoms with van der Waals surface area (Å²) in [4.78, 5) is 69.0. The number of aryl methyl sites for hydroxylation is 6. The fourth-order valence-corrected chi connectivity index (χ4v) is 6.31. The van der Waals surface area contributed by atoms with Crippen LogP contribution >= 0.6 is 0 Å². The first-order valence-corrected chi connectivity index (χ1v) is 16.5. The van der Waals surface area contributed by atoms with Crippen molar-refractivity contribution < 1.29 is 0 Å². The van der Waals surface area contributed by atoms with Gasteiger partial charge in [0, 0.05) is 78.5 Å². The Balaban J connectivity index is 1.10. The van der Waals surface area contributed by atoms with Crippen molar-refractivity contribution in [2.24, 2.45) is 0 Å². The van der Waals surface area contributed by atoms with E-state index in [4.69, 9.17) is 15.0 Å². The van der Waals surface area contributed by atoms with Gasteiger partial charge in [-0.05, 0) is 41.5 Å². The second-order valence-electron chi connectivity index (χ2n) is 12.3. The maximum atomic E-state index is 5.06. The van der Waals surface area contributed by atoms with E-state index >= 15 is 0 Å². The molecule has 3 saturated heterocycles. The lowest BCUT2D eigenvalue weighted by Gasteiger charge is -2.38. The molecule has 18 nitrogen and oxygen atoms in total. The minimum absolute atomic E-state index is 0.690. The van der Waals surface area contributed by atoms with Gasteiger partial charge in [0.1, 0.15) is 34.9 Å². The van der Waals surface area contributed by atoms with Gasteiger partial charge in [0.25, 0.3) is 0 Å². The summed E-state index contributed by atoms with van der Waals surface area (Å²) in [5, 5.41) is 0. The van der Waals surface area contributed by atoms with Gasteiger partial charge >= 0.3 is 0 Å². The van der Waals surface area contributed by atoms with Gasteiger partial charge in [-0.25, -0.2) is 15.0 Å². The zero-order valence-electron chi connectivity index (χ0n) is 28.5. The molecule has 0 aromatic carbocycles. The van der Waals surface area contributed by atoms with E-state index in [2.05, 4.69) is 74.3 Å². The van der Waals surface area contributed by atoms with E-state index in [1.54, 1.807) is 0 Å². The lowest BCUT2D eigenvalue weighted by atomic mass is 10.3. The Hall–Kier alpha value is -5.16. The summed E-state index contributed by atoms with van der Waals surface area (Å²) >= 11 is 0. The Labute approximate surface area is 279 Å². The Morgan fingerprint density at radius 3 is 0.542 bits per heavy atom. The number of hydrogen-bond acceptors (Lipinski definition) is 18. The van der Waals surface area contributed by atoms with Gasteiger partial charge in [0.2, 0.25) is 35.7 Å². The molecule has 0 aliphatic carbocycles. The Bertz CT molecular complexity index is 1480. The van der Waals surface area contributed by atoms with Crippen molar-refractivity contribution >= 4 is 35.7 Å². The van der Waals surface area contributed by atoms with Gasteiger partial charge in [0.15, 0.2) is 0 Å². The van der Waals surface area contributed by atoms with E-state index < -0.39 is 0 Å². The van der Waals surface area contributed by atoms with Crippen LogP contribution in [0, 0.1) is 41.5 Å². The van der Waals surface area contributed by atoms with Gasteiger partial charge < -0.3 is 29.4 Å². The fraction of sp³-hybridized carbons (Fsp3) is 0.600. The lowest BCUT2D eigenvalue weighted by Crippen LogP contribution is -2.50.